The zero-order valence-corrected chi connectivity index (χ0v) is 18.4. The molecule has 2 aliphatic rings. The van der Waals surface area contributed by atoms with Crippen molar-refractivity contribution in [2.24, 2.45) is 17.3 Å². The monoisotopic (exact) mass is 401 g/mol. The molecule has 0 unspecified atom stereocenters. The maximum absolute atomic E-state index is 12.9. The van der Waals surface area contributed by atoms with Gasteiger partial charge in [0.15, 0.2) is 0 Å². The van der Waals surface area contributed by atoms with Gasteiger partial charge in [0.2, 0.25) is 21.8 Å². The first-order valence-electron chi connectivity index (χ1n) is 9.78. The first kappa shape index (κ1) is 22.1. The Morgan fingerprint density at radius 2 is 1.44 bits per heavy atom. The largest absolute Gasteiger partial charge is 0.352 e. The molecule has 3 atom stereocenters. The van der Waals surface area contributed by atoms with Gasteiger partial charge in [-0.3, -0.25) is 14.3 Å². The molecule has 0 spiro atoms. The van der Waals surface area contributed by atoms with Gasteiger partial charge in [0.25, 0.3) is 0 Å². The molecule has 156 valence electrons. The second-order valence-corrected chi connectivity index (χ2v) is 12.3. The third-order valence-electron chi connectivity index (χ3n) is 6.06. The highest BCUT2D eigenvalue weighted by molar-refractivity contribution is 7.91. The van der Waals surface area contributed by atoms with Crippen molar-refractivity contribution in [3.05, 3.63) is 0 Å². The van der Waals surface area contributed by atoms with E-state index >= 15 is 0 Å². The summed E-state index contributed by atoms with van der Waals surface area (Å²) in [6.07, 6.45) is 2.15. The van der Waals surface area contributed by atoms with E-state index in [1.54, 1.807) is 0 Å². The van der Waals surface area contributed by atoms with Crippen LogP contribution in [0.3, 0.4) is 0 Å². The SMILES string of the molecule is CC(C)N1C[C@H]2CC[C@@H](C1)[C@@H]2NC(=O)C(C)(C)C(=O)NS(=O)(=O)C(C)(C)C. The number of fused-ring (bicyclic) bond motifs is 2. The van der Waals surface area contributed by atoms with Crippen LogP contribution in [0.1, 0.15) is 61.3 Å². The highest BCUT2D eigenvalue weighted by Crippen LogP contribution is 2.38. The van der Waals surface area contributed by atoms with E-state index in [1.807, 2.05) is 0 Å². The lowest BCUT2D eigenvalue weighted by Gasteiger charge is -2.41. The average molecular weight is 402 g/mol. The van der Waals surface area contributed by atoms with Crippen molar-refractivity contribution >= 4 is 21.8 Å². The number of piperidine rings is 1. The van der Waals surface area contributed by atoms with Crippen LogP contribution in [0.2, 0.25) is 0 Å². The molecule has 2 amide bonds. The third-order valence-corrected chi connectivity index (χ3v) is 8.13. The van der Waals surface area contributed by atoms with Crippen LogP contribution >= 0.6 is 0 Å². The van der Waals surface area contributed by atoms with Crippen LogP contribution in [0.25, 0.3) is 0 Å². The number of carbonyl (C=O) groups is 2. The molecule has 1 aliphatic heterocycles. The van der Waals surface area contributed by atoms with E-state index in [0.29, 0.717) is 17.9 Å². The number of nitrogens with zero attached hydrogens (tertiary/aromatic N) is 1. The third kappa shape index (κ3) is 4.47. The molecule has 2 bridgehead atoms. The fourth-order valence-electron chi connectivity index (χ4n) is 3.75. The second-order valence-electron chi connectivity index (χ2n) is 9.82. The molecule has 1 saturated heterocycles. The van der Waals surface area contributed by atoms with E-state index in [9.17, 15) is 18.0 Å². The number of hydrogen-bond acceptors (Lipinski definition) is 5. The predicted octanol–water partition coefficient (Wildman–Crippen LogP) is 1.49. The summed E-state index contributed by atoms with van der Waals surface area (Å²) in [6, 6.07) is 0.536. The molecule has 0 aromatic rings. The first-order chi connectivity index (χ1) is 12.2. The van der Waals surface area contributed by atoms with E-state index in [0.717, 1.165) is 25.9 Å². The zero-order chi connectivity index (χ0) is 20.8. The summed E-state index contributed by atoms with van der Waals surface area (Å²) in [6.45, 7) is 13.7. The smallest absolute Gasteiger partial charge is 0.248 e. The number of nitrogens with one attached hydrogen (secondary N) is 2. The lowest BCUT2D eigenvalue weighted by atomic mass is 9.87. The van der Waals surface area contributed by atoms with Crippen LogP contribution in [-0.2, 0) is 19.6 Å². The molecule has 1 heterocycles. The van der Waals surface area contributed by atoms with Crippen LogP contribution in [-0.4, -0.2) is 55.1 Å². The van der Waals surface area contributed by atoms with Crippen molar-refractivity contribution in [3.8, 4) is 0 Å². The van der Waals surface area contributed by atoms with E-state index < -0.39 is 32.0 Å². The van der Waals surface area contributed by atoms with Crippen molar-refractivity contribution in [1.29, 1.82) is 0 Å². The van der Waals surface area contributed by atoms with Gasteiger partial charge < -0.3 is 10.2 Å². The van der Waals surface area contributed by atoms with Gasteiger partial charge in [0.1, 0.15) is 5.41 Å². The fraction of sp³-hybridized carbons (Fsp3) is 0.895. The Kier molecular flexibility index (Phi) is 6.03. The molecule has 0 aromatic carbocycles. The van der Waals surface area contributed by atoms with Gasteiger partial charge in [0, 0.05) is 25.2 Å². The molecule has 8 heteroatoms. The van der Waals surface area contributed by atoms with Gasteiger partial charge in [-0.15, -0.1) is 0 Å². The highest BCUT2D eigenvalue weighted by atomic mass is 32.2. The van der Waals surface area contributed by atoms with Crippen molar-refractivity contribution in [3.63, 3.8) is 0 Å². The van der Waals surface area contributed by atoms with E-state index in [2.05, 4.69) is 28.8 Å². The Morgan fingerprint density at radius 3 is 1.85 bits per heavy atom. The zero-order valence-electron chi connectivity index (χ0n) is 17.6. The Balaban J connectivity index is 2.06. The Morgan fingerprint density at radius 1 is 0.963 bits per heavy atom. The topological polar surface area (TPSA) is 95.6 Å². The summed E-state index contributed by atoms with van der Waals surface area (Å²) in [5, 5.41) is 3.06. The first-order valence-corrected chi connectivity index (χ1v) is 11.3. The molecule has 27 heavy (non-hydrogen) atoms. The standard InChI is InChI=1S/C19H35N3O4S/c1-12(2)22-10-13-8-9-14(11-22)15(13)20-16(23)19(6,7)17(24)21-27(25,26)18(3,4)5/h12-15H,8-11H2,1-7H3,(H,20,23)(H,21,24)/t13-,14+,15-. The van der Waals surface area contributed by atoms with Crippen molar-refractivity contribution < 1.29 is 18.0 Å². The summed E-state index contributed by atoms with van der Waals surface area (Å²) in [5.41, 5.74) is -1.47. The molecule has 2 fully saturated rings. The molecule has 2 rings (SSSR count). The summed E-state index contributed by atoms with van der Waals surface area (Å²) >= 11 is 0. The van der Waals surface area contributed by atoms with E-state index in [4.69, 9.17) is 0 Å². The van der Waals surface area contributed by atoms with E-state index in [-0.39, 0.29) is 6.04 Å². The predicted molar refractivity (Wildman–Crippen MR) is 105 cm³/mol. The number of likely N-dealkylation sites (tertiary alicyclic amines) is 1. The number of hydrogen-bond donors (Lipinski definition) is 2. The molecule has 0 radical (unpaired) electrons. The Hall–Kier alpha value is -1.15. The van der Waals surface area contributed by atoms with Crippen LogP contribution in [0, 0.1) is 17.3 Å². The summed E-state index contributed by atoms with van der Waals surface area (Å²) < 4.78 is 25.5. The number of rotatable bonds is 5. The second kappa shape index (κ2) is 7.35. The molecular weight excluding hydrogens is 366 g/mol. The van der Waals surface area contributed by atoms with Gasteiger partial charge in [-0.05, 0) is 73.1 Å². The lowest BCUT2D eigenvalue weighted by molar-refractivity contribution is -0.141. The number of sulfonamides is 1. The molecule has 2 N–H and O–H groups in total. The molecule has 0 aromatic heterocycles. The van der Waals surface area contributed by atoms with Crippen LogP contribution < -0.4 is 10.0 Å². The van der Waals surface area contributed by atoms with Crippen LogP contribution in [0.5, 0.6) is 0 Å². The van der Waals surface area contributed by atoms with Crippen molar-refractivity contribution in [1.82, 2.24) is 14.9 Å². The molecule has 1 saturated carbocycles. The Bertz CT molecular complexity index is 680. The van der Waals surface area contributed by atoms with Crippen LogP contribution in [0.15, 0.2) is 0 Å². The minimum atomic E-state index is -3.86. The number of carbonyl (C=O) groups excluding carboxylic acids is 2. The maximum Gasteiger partial charge on any atom is 0.248 e. The quantitative estimate of drug-likeness (QED) is 0.681. The van der Waals surface area contributed by atoms with Gasteiger partial charge in [-0.2, -0.15) is 0 Å². The van der Waals surface area contributed by atoms with E-state index in [1.165, 1.54) is 34.6 Å². The molecule has 1 aliphatic carbocycles. The minimum absolute atomic E-state index is 0.0544. The summed E-state index contributed by atoms with van der Waals surface area (Å²) in [4.78, 5) is 27.9. The molecule has 7 nitrogen and oxygen atoms in total. The van der Waals surface area contributed by atoms with Gasteiger partial charge in [-0.1, -0.05) is 0 Å². The summed E-state index contributed by atoms with van der Waals surface area (Å²) in [7, 11) is -3.86. The van der Waals surface area contributed by atoms with Gasteiger partial charge in [-0.25, -0.2) is 8.42 Å². The minimum Gasteiger partial charge on any atom is -0.352 e. The number of amides is 2. The molecular formula is C19H35N3O4S. The normalized spacial score (nSPS) is 26.9. The fourth-order valence-corrected chi connectivity index (χ4v) is 4.56. The summed E-state index contributed by atoms with van der Waals surface area (Å²) in [5.74, 6) is -0.439. The van der Waals surface area contributed by atoms with Crippen molar-refractivity contribution in [2.75, 3.05) is 13.1 Å². The Labute approximate surface area is 163 Å². The van der Waals surface area contributed by atoms with Crippen LogP contribution in [0.4, 0.5) is 0 Å². The average Bonchev–Trinajstić information content (AvgIpc) is 2.75. The highest BCUT2D eigenvalue weighted by Gasteiger charge is 2.47. The maximum atomic E-state index is 12.9. The lowest BCUT2D eigenvalue weighted by Crippen LogP contribution is -2.58. The van der Waals surface area contributed by atoms with Gasteiger partial charge in [0.05, 0.1) is 4.75 Å². The van der Waals surface area contributed by atoms with Gasteiger partial charge >= 0.3 is 0 Å². The van der Waals surface area contributed by atoms with Crippen molar-refractivity contribution in [2.45, 2.75) is 78.1 Å².